The van der Waals surface area contributed by atoms with Crippen molar-refractivity contribution in [1.29, 1.82) is 0 Å². The largest absolute Gasteiger partial charge is 0.387 e. The van der Waals surface area contributed by atoms with E-state index in [9.17, 15) is 5.11 Å². The van der Waals surface area contributed by atoms with Gasteiger partial charge in [0.05, 0.1) is 11.8 Å². The molecule has 0 saturated heterocycles. The molecule has 1 N–H and O–H groups in total. The van der Waals surface area contributed by atoms with Gasteiger partial charge in [0.15, 0.2) is 0 Å². The zero-order chi connectivity index (χ0) is 10.8. The summed E-state index contributed by atoms with van der Waals surface area (Å²) in [5.41, 5.74) is 0.764. The van der Waals surface area contributed by atoms with Crippen LogP contribution >= 0.6 is 11.3 Å². The third-order valence-corrected chi connectivity index (χ3v) is 3.53. The highest BCUT2D eigenvalue weighted by Crippen LogP contribution is 2.44. The van der Waals surface area contributed by atoms with E-state index >= 15 is 0 Å². The maximum absolute atomic E-state index is 9.41. The number of thiazole rings is 1. The number of aliphatic hydroxyl groups is 1. The van der Waals surface area contributed by atoms with Gasteiger partial charge in [-0.3, -0.25) is 0 Å². The Morgan fingerprint density at radius 2 is 2.40 bits per heavy atom. The van der Waals surface area contributed by atoms with Crippen LogP contribution < -0.4 is 0 Å². The van der Waals surface area contributed by atoms with Crippen LogP contribution in [0.2, 0.25) is 0 Å². The Morgan fingerprint density at radius 1 is 1.67 bits per heavy atom. The normalized spacial score (nSPS) is 20.2. The first-order chi connectivity index (χ1) is 7.22. The fourth-order valence-electron chi connectivity index (χ4n) is 1.61. The second-order valence-corrected chi connectivity index (χ2v) is 4.89. The number of ether oxygens (including phenoxy) is 1. The summed E-state index contributed by atoms with van der Waals surface area (Å²) in [6.45, 7) is 4.48. The van der Waals surface area contributed by atoms with E-state index in [1.807, 2.05) is 12.3 Å². The van der Waals surface area contributed by atoms with Crippen molar-refractivity contribution in [2.45, 2.75) is 38.9 Å². The first-order valence-electron chi connectivity index (χ1n) is 5.47. The molecule has 15 heavy (non-hydrogen) atoms. The lowest BCUT2D eigenvalue weighted by atomic mass is 10.2. The average molecular weight is 227 g/mol. The van der Waals surface area contributed by atoms with E-state index in [1.54, 1.807) is 18.3 Å². The lowest BCUT2D eigenvalue weighted by Gasteiger charge is -2.12. The molecule has 2 rings (SSSR count). The van der Waals surface area contributed by atoms with Crippen molar-refractivity contribution in [2.75, 3.05) is 6.61 Å². The monoisotopic (exact) mass is 227 g/mol. The van der Waals surface area contributed by atoms with Gasteiger partial charge in [0, 0.05) is 12.0 Å². The minimum absolute atomic E-state index is 0.160. The van der Waals surface area contributed by atoms with E-state index in [1.165, 1.54) is 12.8 Å². The van der Waals surface area contributed by atoms with Crippen LogP contribution in [0.3, 0.4) is 0 Å². The van der Waals surface area contributed by atoms with Crippen LogP contribution in [0.4, 0.5) is 0 Å². The molecule has 1 aliphatic carbocycles. The van der Waals surface area contributed by atoms with Crippen molar-refractivity contribution in [3.8, 4) is 0 Å². The van der Waals surface area contributed by atoms with Crippen molar-refractivity contribution in [2.24, 2.45) is 5.92 Å². The van der Waals surface area contributed by atoms with Crippen LogP contribution in [-0.4, -0.2) is 16.7 Å². The standard InChI is InChI=1S/C11H17NO2S/c1-3-14-10(8-4-5-8)11-12-9(6-15-11)7(2)13/h6-8,10,13H,3-5H2,1-2H3. The molecule has 3 nitrogen and oxygen atoms in total. The fraction of sp³-hybridized carbons (Fsp3) is 0.727. The number of aliphatic hydroxyl groups excluding tert-OH is 1. The van der Waals surface area contributed by atoms with E-state index in [-0.39, 0.29) is 6.10 Å². The molecule has 1 aliphatic rings. The summed E-state index contributed by atoms with van der Waals surface area (Å²) in [5.74, 6) is 0.651. The van der Waals surface area contributed by atoms with Crippen LogP contribution in [0.1, 0.15) is 49.6 Å². The highest BCUT2D eigenvalue weighted by Gasteiger charge is 2.34. The van der Waals surface area contributed by atoms with Crippen LogP contribution in [0.15, 0.2) is 5.38 Å². The summed E-state index contributed by atoms with van der Waals surface area (Å²) in [4.78, 5) is 4.43. The van der Waals surface area contributed by atoms with E-state index < -0.39 is 6.10 Å². The molecular formula is C11H17NO2S. The minimum Gasteiger partial charge on any atom is -0.387 e. The van der Waals surface area contributed by atoms with Crippen molar-refractivity contribution < 1.29 is 9.84 Å². The molecule has 0 radical (unpaired) electrons. The van der Waals surface area contributed by atoms with Crippen molar-refractivity contribution in [3.05, 3.63) is 16.1 Å². The van der Waals surface area contributed by atoms with Crippen molar-refractivity contribution in [1.82, 2.24) is 4.98 Å². The predicted molar refractivity (Wildman–Crippen MR) is 59.8 cm³/mol. The summed E-state index contributed by atoms with van der Waals surface area (Å²) in [6, 6.07) is 0. The zero-order valence-electron chi connectivity index (χ0n) is 9.14. The fourth-order valence-corrected chi connectivity index (χ4v) is 2.65. The molecule has 0 amide bonds. The lowest BCUT2D eigenvalue weighted by Crippen LogP contribution is -2.06. The van der Waals surface area contributed by atoms with Gasteiger partial charge in [-0.2, -0.15) is 0 Å². The first-order valence-corrected chi connectivity index (χ1v) is 6.35. The van der Waals surface area contributed by atoms with Gasteiger partial charge in [0.1, 0.15) is 11.1 Å². The second kappa shape index (κ2) is 4.60. The molecule has 1 aromatic rings. The predicted octanol–water partition coefficient (Wildman–Crippen LogP) is 2.68. The number of nitrogens with zero attached hydrogens (tertiary/aromatic N) is 1. The van der Waals surface area contributed by atoms with Crippen LogP contribution in [-0.2, 0) is 4.74 Å². The molecule has 0 aromatic carbocycles. The van der Waals surface area contributed by atoms with E-state index in [4.69, 9.17) is 4.74 Å². The van der Waals surface area contributed by atoms with Crippen LogP contribution in [0.25, 0.3) is 0 Å². The number of hydrogen-bond acceptors (Lipinski definition) is 4. The summed E-state index contributed by atoms with van der Waals surface area (Å²) in [7, 11) is 0. The molecule has 84 valence electrons. The highest BCUT2D eigenvalue weighted by atomic mass is 32.1. The molecule has 1 aromatic heterocycles. The Kier molecular flexibility index (Phi) is 3.38. The smallest absolute Gasteiger partial charge is 0.122 e. The molecule has 0 spiro atoms. The van der Waals surface area contributed by atoms with Gasteiger partial charge >= 0.3 is 0 Å². The number of rotatable bonds is 5. The van der Waals surface area contributed by atoms with Gasteiger partial charge < -0.3 is 9.84 Å². The number of hydrogen-bond donors (Lipinski definition) is 1. The Balaban J connectivity index is 2.10. The van der Waals surface area contributed by atoms with Crippen molar-refractivity contribution in [3.63, 3.8) is 0 Å². The Morgan fingerprint density at radius 3 is 2.87 bits per heavy atom. The molecule has 2 unspecified atom stereocenters. The Hall–Kier alpha value is -0.450. The molecular weight excluding hydrogens is 210 g/mol. The number of aromatic nitrogens is 1. The second-order valence-electron chi connectivity index (χ2n) is 4.00. The quantitative estimate of drug-likeness (QED) is 0.841. The van der Waals surface area contributed by atoms with Gasteiger partial charge in [-0.25, -0.2) is 4.98 Å². The third-order valence-electron chi connectivity index (χ3n) is 2.61. The molecule has 1 heterocycles. The zero-order valence-corrected chi connectivity index (χ0v) is 9.96. The maximum atomic E-state index is 9.41. The van der Waals surface area contributed by atoms with Crippen LogP contribution in [0.5, 0.6) is 0 Å². The summed E-state index contributed by atoms with van der Waals surface area (Å²) < 4.78 is 5.71. The molecule has 1 fully saturated rings. The lowest BCUT2D eigenvalue weighted by molar-refractivity contribution is 0.0458. The molecule has 2 atom stereocenters. The summed E-state index contributed by atoms with van der Waals surface area (Å²) in [5, 5.41) is 12.4. The van der Waals surface area contributed by atoms with Gasteiger partial charge in [0.2, 0.25) is 0 Å². The first kappa shape index (κ1) is 11.0. The molecule has 4 heteroatoms. The molecule has 0 aliphatic heterocycles. The molecule has 1 saturated carbocycles. The minimum atomic E-state index is -0.475. The Labute approximate surface area is 94.1 Å². The van der Waals surface area contributed by atoms with Crippen LogP contribution in [0, 0.1) is 5.92 Å². The average Bonchev–Trinajstić information content (AvgIpc) is 2.91. The third kappa shape index (κ3) is 2.56. The van der Waals surface area contributed by atoms with Gasteiger partial charge in [-0.15, -0.1) is 11.3 Å². The topological polar surface area (TPSA) is 42.4 Å². The van der Waals surface area contributed by atoms with Gasteiger partial charge in [0.25, 0.3) is 0 Å². The van der Waals surface area contributed by atoms with E-state index in [0.717, 1.165) is 17.3 Å². The van der Waals surface area contributed by atoms with E-state index in [2.05, 4.69) is 4.98 Å². The maximum Gasteiger partial charge on any atom is 0.122 e. The highest BCUT2D eigenvalue weighted by molar-refractivity contribution is 7.09. The summed E-state index contributed by atoms with van der Waals surface area (Å²) in [6.07, 6.45) is 2.17. The SMILES string of the molecule is CCOC(c1nc(C(C)O)cs1)C1CC1. The Bertz CT molecular complexity index is 320. The van der Waals surface area contributed by atoms with E-state index in [0.29, 0.717) is 5.92 Å². The van der Waals surface area contributed by atoms with Gasteiger partial charge in [-0.05, 0) is 32.6 Å². The van der Waals surface area contributed by atoms with Crippen molar-refractivity contribution >= 4 is 11.3 Å². The summed E-state index contributed by atoms with van der Waals surface area (Å²) >= 11 is 1.60. The molecule has 0 bridgehead atoms. The van der Waals surface area contributed by atoms with Gasteiger partial charge in [-0.1, -0.05) is 0 Å².